The Morgan fingerprint density at radius 2 is 1.70 bits per heavy atom. The third-order valence-corrected chi connectivity index (χ3v) is 2.76. The van der Waals surface area contributed by atoms with E-state index in [9.17, 15) is 9.90 Å². The standard InChI is InChI=1S/C13H11BN2O7/c14-12(19,13(20,21)22)23-8-3-1-7(2-4-8)9-5-15-6-10(16-9)11(17)18/h1-6,19-22H,(H,17,18). The first-order chi connectivity index (χ1) is 10.6. The minimum absolute atomic E-state index is 0.0948. The van der Waals surface area contributed by atoms with E-state index < -0.39 is 17.6 Å². The summed E-state index contributed by atoms with van der Waals surface area (Å²) in [5.74, 6) is -4.99. The smallest absolute Gasteiger partial charge is 0.356 e. The van der Waals surface area contributed by atoms with E-state index >= 15 is 0 Å². The van der Waals surface area contributed by atoms with Crippen molar-refractivity contribution < 1.29 is 35.1 Å². The summed E-state index contributed by atoms with van der Waals surface area (Å²) in [5.41, 5.74) is -2.63. The molecule has 0 bridgehead atoms. The summed E-state index contributed by atoms with van der Waals surface area (Å²) in [6.07, 6.45) is 2.45. The molecule has 0 spiro atoms. The van der Waals surface area contributed by atoms with Gasteiger partial charge < -0.3 is 30.3 Å². The molecule has 1 heterocycles. The molecule has 0 amide bonds. The van der Waals surface area contributed by atoms with Crippen LogP contribution in [0.3, 0.4) is 0 Å². The van der Waals surface area contributed by atoms with Crippen molar-refractivity contribution in [2.24, 2.45) is 0 Å². The van der Waals surface area contributed by atoms with Crippen LogP contribution >= 0.6 is 0 Å². The summed E-state index contributed by atoms with van der Waals surface area (Å²) in [4.78, 5) is 18.5. The Morgan fingerprint density at radius 1 is 1.09 bits per heavy atom. The van der Waals surface area contributed by atoms with Crippen molar-refractivity contribution in [3.05, 3.63) is 42.4 Å². The number of aromatic carboxylic acids is 1. The zero-order valence-corrected chi connectivity index (χ0v) is 11.5. The molecule has 10 heteroatoms. The van der Waals surface area contributed by atoms with Gasteiger partial charge in [-0.15, -0.1) is 0 Å². The average Bonchev–Trinajstić information content (AvgIpc) is 2.46. The number of hydrogen-bond donors (Lipinski definition) is 5. The van der Waals surface area contributed by atoms with Crippen LogP contribution in [-0.2, 0) is 0 Å². The van der Waals surface area contributed by atoms with Crippen LogP contribution in [0, 0.1) is 0 Å². The van der Waals surface area contributed by atoms with Crippen molar-refractivity contribution in [2.45, 2.75) is 11.7 Å². The third-order valence-electron chi connectivity index (χ3n) is 2.76. The van der Waals surface area contributed by atoms with E-state index in [0.29, 0.717) is 5.56 Å². The molecule has 9 nitrogen and oxygen atoms in total. The highest BCUT2D eigenvalue weighted by atomic mass is 16.8. The van der Waals surface area contributed by atoms with Crippen LogP contribution in [0.5, 0.6) is 5.75 Å². The predicted molar refractivity (Wildman–Crippen MR) is 75.1 cm³/mol. The van der Waals surface area contributed by atoms with Crippen molar-refractivity contribution in [1.82, 2.24) is 9.97 Å². The van der Waals surface area contributed by atoms with Crippen LogP contribution in [0.25, 0.3) is 11.3 Å². The van der Waals surface area contributed by atoms with Crippen molar-refractivity contribution in [3.8, 4) is 17.0 Å². The Morgan fingerprint density at radius 3 is 2.22 bits per heavy atom. The van der Waals surface area contributed by atoms with E-state index in [1.165, 1.54) is 30.5 Å². The first-order valence-electron chi connectivity index (χ1n) is 6.13. The van der Waals surface area contributed by atoms with Crippen molar-refractivity contribution in [1.29, 1.82) is 0 Å². The Labute approximate surface area is 130 Å². The highest BCUT2D eigenvalue weighted by Crippen LogP contribution is 2.24. The maximum Gasteiger partial charge on any atom is 0.356 e. The maximum atomic E-state index is 10.9. The molecule has 118 valence electrons. The van der Waals surface area contributed by atoms with Crippen LogP contribution < -0.4 is 4.74 Å². The fraction of sp³-hybridized carbons (Fsp3) is 0.154. The van der Waals surface area contributed by atoms with Gasteiger partial charge in [-0.2, -0.15) is 0 Å². The molecule has 1 aromatic carbocycles. The number of carbonyl (C=O) groups is 1. The number of hydrogen-bond acceptors (Lipinski definition) is 8. The zero-order chi connectivity index (χ0) is 17.3. The predicted octanol–water partition coefficient (Wildman–Crippen LogP) is -1.33. The summed E-state index contributed by atoms with van der Waals surface area (Å²) >= 11 is 0. The van der Waals surface area contributed by atoms with E-state index in [1.807, 2.05) is 0 Å². The molecule has 1 unspecified atom stereocenters. The Kier molecular flexibility index (Phi) is 4.34. The molecule has 0 saturated carbocycles. The number of aromatic nitrogens is 2. The number of carboxylic acids is 1. The van der Waals surface area contributed by atoms with E-state index in [-0.39, 0.29) is 17.1 Å². The van der Waals surface area contributed by atoms with E-state index in [4.69, 9.17) is 28.3 Å². The third kappa shape index (κ3) is 3.82. The molecular formula is C13H11BN2O7. The lowest BCUT2D eigenvalue weighted by molar-refractivity contribution is -0.408. The van der Waals surface area contributed by atoms with Crippen LogP contribution in [0.2, 0.25) is 0 Å². The summed E-state index contributed by atoms with van der Waals surface area (Å²) in [7, 11) is 5.02. The van der Waals surface area contributed by atoms with Crippen LogP contribution in [0.4, 0.5) is 0 Å². The number of rotatable bonds is 5. The molecule has 0 aliphatic carbocycles. The largest absolute Gasteiger partial charge is 0.476 e. The summed E-state index contributed by atoms with van der Waals surface area (Å²) in [5, 5.41) is 44.9. The van der Waals surface area contributed by atoms with E-state index in [2.05, 4.69) is 14.7 Å². The fourth-order valence-corrected chi connectivity index (χ4v) is 1.55. The van der Waals surface area contributed by atoms with Gasteiger partial charge in [0, 0.05) is 5.56 Å². The van der Waals surface area contributed by atoms with E-state index in [1.54, 1.807) is 0 Å². The maximum absolute atomic E-state index is 10.9. The highest BCUT2D eigenvalue weighted by molar-refractivity contribution is 6.13. The second kappa shape index (κ2) is 5.93. The number of ether oxygens (including phenoxy) is 1. The second-order valence-electron chi connectivity index (χ2n) is 4.55. The van der Waals surface area contributed by atoms with Gasteiger partial charge in [0.2, 0.25) is 5.69 Å². The Bertz CT molecular complexity index is 713. The second-order valence-corrected chi connectivity index (χ2v) is 4.55. The molecule has 1 atom stereocenters. The Hall–Kier alpha value is -2.53. The minimum atomic E-state index is -3.67. The van der Waals surface area contributed by atoms with Gasteiger partial charge in [0.15, 0.2) is 13.5 Å². The molecule has 2 aromatic rings. The van der Waals surface area contributed by atoms with E-state index in [0.717, 1.165) is 6.20 Å². The first-order valence-corrected chi connectivity index (χ1v) is 6.13. The van der Waals surface area contributed by atoms with Gasteiger partial charge >= 0.3 is 11.9 Å². The number of benzene rings is 1. The van der Waals surface area contributed by atoms with Crippen LogP contribution in [-0.4, -0.2) is 61.0 Å². The lowest BCUT2D eigenvalue weighted by Gasteiger charge is -2.32. The van der Waals surface area contributed by atoms with Gasteiger partial charge in [-0.25, -0.2) is 9.78 Å². The lowest BCUT2D eigenvalue weighted by Crippen LogP contribution is -2.58. The summed E-state index contributed by atoms with van der Waals surface area (Å²) in [6.45, 7) is 0. The lowest BCUT2D eigenvalue weighted by atomic mass is 9.92. The van der Waals surface area contributed by atoms with Crippen LogP contribution in [0.1, 0.15) is 10.5 Å². The van der Waals surface area contributed by atoms with Gasteiger partial charge in [0.1, 0.15) is 5.75 Å². The quantitative estimate of drug-likeness (QED) is 0.333. The molecule has 1 aromatic heterocycles. The minimum Gasteiger partial charge on any atom is -0.476 e. The zero-order valence-electron chi connectivity index (χ0n) is 11.5. The van der Waals surface area contributed by atoms with Gasteiger partial charge in [0.05, 0.1) is 18.1 Å². The Balaban J connectivity index is 2.23. The average molecular weight is 318 g/mol. The first kappa shape index (κ1) is 16.8. The number of nitrogens with zero attached hydrogens (tertiary/aromatic N) is 2. The van der Waals surface area contributed by atoms with Gasteiger partial charge in [-0.1, -0.05) is 0 Å². The highest BCUT2D eigenvalue weighted by Gasteiger charge is 2.45. The number of carboxylic acid groups (broad SMARTS) is 1. The topological polar surface area (TPSA) is 153 Å². The molecule has 2 rings (SSSR count). The normalized spacial score (nSPS) is 14.1. The molecule has 23 heavy (non-hydrogen) atoms. The van der Waals surface area contributed by atoms with Crippen LogP contribution in [0.15, 0.2) is 36.7 Å². The molecule has 0 fully saturated rings. The molecule has 0 saturated heterocycles. The van der Waals surface area contributed by atoms with Crippen molar-refractivity contribution in [2.75, 3.05) is 0 Å². The summed E-state index contributed by atoms with van der Waals surface area (Å²) in [6, 6.07) is 5.45. The van der Waals surface area contributed by atoms with Gasteiger partial charge in [0.25, 0.3) is 0 Å². The number of aliphatic hydroxyl groups is 4. The fourth-order valence-electron chi connectivity index (χ4n) is 1.55. The van der Waals surface area contributed by atoms with Crippen molar-refractivity contribution >= 4 is 13.8 Å². The SMILES string of the molecule is [B]C(O)(Oc1ccc(-c2cncc(C(=O)O)n2)cc1)C(O)(O)O. The molecule has 2 radical (unpaired) electrons. The van der Waals surface area contributed by atoms with Gasteiger partial charge in [-0.05, 0) is 24.3 Å². The monoisotopic (exact) mass is 318 g/mol. The molecule has 0 aliphatic heterocycles. The van der Waals surface area contributed by atoms with Crippen molar-refractivity contribution in [3.63, 3.8) is 0 Å². The summed E-state index contributed by atoms with van der Waals surface area (Å²) < 4.78 is 4.67. The molecule has 0 aliphatic rings. The molecule has 5 N–H and O–H groups in total. The molecular weight excluding hydrogens is 307 g/mol. The van der Waals surface area contributed by atoms with Gasteiger partial charge in [-0.3, -0.25) is 4.98 Å².